The van der Waals surface area contributed by atoms with Crippen molar-refractivity contribution in [1.29, 1.82) is 0 Å². The van der Waals surface area contributed by atoms with Crippen molar-refractivity contribution in [2.45, 2.75) is 25.2 Å². The number of aromatic nitrogens is 4. The van der Waals surface area contributed by atoms with Gasteiger partial charge in [0.15, 0.2) is 11.5 Å². The van der Waals surface area contributed by atoms with Crippen molar-refractivity contribution in [3.8, 4) is 0 Å². The monoisotopic (exact) mass is 313 g/mol. The Morgan fingerprint density at radius 2 is 2.24 bits per heavy atom. The molecule has 0 aromatic carbocycles. The fourth-order valence-corrected chi connectivity index (χ4v) is 2.62. The Kier molecular flexibility index (Phi) is 3.64. The first-order valence-electron chi connectivity index (χ1n) is 6.19. The molecule has 0 bridgehead atoms. The molecular formula is C10H12N5O5P-2. The molecule has 3 heterocycles. The number of phosphoric acid groups is 1. The van der Waals surface area contributed by atoms with Crippen molar-refractivity contribution in [2.75, 3.05) is 12.3 Å². The molecular weight excluding hydrogens is 301 g/mol. The molecule has 0 spiro atoms. The molecule has 2 atom stereocenters. The van der Waals surface area contributed by atoms with Crippen LogP contribution in [0.3, 0.4) is 0 Å². The first-order chi connectivity index (χ1) is 9.94. The van der Waals surface area contributed by atoms with Crippen LogP contribution in [-0.4, -0.2) is 32.2 Å². The zero-order valence-electron chi connectivity index (χ0n) is 10.8. The highest BCUT2D eigenvalue weighted by Crippen LogP contribution is 2.33. The van der Waals surface area contributed by atoms with Gasteiger partial charge in [0.2, 0.25) is 0 Å². The molecule has 114 valence electrons. The van der Waals surface area contributed by atoms with Crippen LogP contribution in [0, 0.1) is 0 Å². The van der Waals surface area contributed by atoms with Crippen LogP contribution in [0.15, 0.2) is 12.7 Å². The highest BCUT2D eigenvalue weighted by Gasteiger charge is 2.28. The third-order valence-electron chi connectivity index (χ3n) is 3.20. The van der Waals surface area contributed by atoms with Crippen molar-refractivity contribution >= 4 is 24.8 Å². The lowest BCUT2D eigenvalue weighted by Gasteiger charge is -2.29. The van der Waals surface area contributed by atoms with E-state index in [4.69, 9.17) is 10.5 Å². The molecule has 1 saturated heterocycles. The van der Waals surface area contributed by atoms with Crippen molar-refractivity contribution in [2.24, 2.45) is 0 Å². The predicted octanol–water partition coefficient (Wildman–Crippen LogP) is -1.07. The van der Waals surface area contributed by atoms with Crippen molar-refractivity contribution < 1.29 is 23.6 Å². The molecule has 1 fully saturated rings. The summed E-state index contributed by atoms with van der Waals surface area (Å²) in [5.74, 6) is 0.273. The Balaban J connectivity index is 1.73. The minimum absolute atomic E-state index is 0.273. The van der Waals surface area contributed by atoms with E-state index in [9.17, 15) is 14.4 Å². The van der Waals surface area contributed by atoms with Crippen LogP contribution >= 0.6 is 7.82 Å². The molecule has 1 aliphatic rings. The third kappa shape index (κ3) is 3.04. The van der Waals surface area contributed by atoms with Crippen LogP contribution in [0.2, 0.25) is 0 Å². The second kappa shape index (κ2) is 5.32. The van der Waals surface area contributed by atoms with Gasteiger partial charge in [0.25, 0.3) is 0 Å². The van der Waals surface area contributed by atoms with Gasteiger partial charge < -0.3 is 29.3 Å². The van der Waals surface area contributed by atoms with Crippen molar-refractivity contribution in [1.82, 2.24) is 19.5 Å². The number of fused-ring (bicyclic) bond motifs is 1. The van der Waals surface area contributed by atoms with Crippen LogP contribution < -0.4 is 15.5 Å². The molecule has 2 aromatic rings. The smallest absolute Gasteiger partial charge is 0.167 e. The summed E-state index contributed by atoms with van der Waals surface area (Å²) >= 11 is 0. The zero-order chi connectivity index (χ0) is 15.0. The van der Waals surface area contributed by atoms with Crippen LogP contribution in [0.1, 0.15) is 19.1 Å². The maximum atomic E-state index is 10.5. The van der Waals surface area contributed by atoms with Crippen LogP contribution in [0.25, 0.3) is 11.2 Å². The van der Waals surface area contributed by atoms with Gasteiger partial charge in [-0.05, 0) is 12.8 Å². The number of anilines is 1. The number of hydrogen-bond donors (Lipinski definition) is 1. The number of nitrogen functional groups attached to an aromatic ring is 1. The largest absolute Gasteiger partial charge is 0.790 e. The fourth-order valence-electron chi connectivity index (χ4n) is 2.27. The molecule has 10 nitrogen and oxygen atoms in total. The topological polar surface area (TPSA) is 151 Å². The molecule has 21 heavy (non-hydrogen) atoms. The first kappa shape index (κ1) is 14.4. The lowest BCUT2D eigenvalue weighted by molar-refractivity contribution is -0.342. The van der Waals surface area contributed by atoms with Gasteiger partial charge in [0.1, 0.15) is 18.1 Å². The average Bonchev–Trinajstić information content (AvgIpc) is 3.02. The summed E-state index contributed by atoms with van der Waals surface area (Å²) in [6.07, 6.45) is 3.21. The van der Waals surface area contributed by atoms with E-state index in [1.807, 2.05) is 0 Å². The standard InChI is InChI=1S/C10H14N5O5P/c11-9-8-10(13-4-12-9)15(5-14-8)7-2-1-6(20-7)3-19-21(16,17)18/h4-7H,1-3H2,(H2,11,12,13)(H2,16,17,18)/p-2/t6-,7+/m0/s1. The average molecular weight is 313 g/mol. The number of nitrogens with zero attached hydrogens (tertiary/aromatic N) is 4. The molecule has 0 saturated carbocycles. The molecule has 1 aliphatic heterocycles. The Hall–Kier alpha value is -1.58. The van der Waals surface area contributed by atoms with E-state index in [0.29, 0.717) is 24.0 Å². The van der Waals surface area contributed by atoms with E-state index < -0.39 is 13.9 Å². The summed E-state index contributed by atoms with van der Waals surface area (Å²) in [4.78, 5) is 33.0. The van der Waals surface area contributed by atoms with E-state index >= 15 is 0 Å². The van der Waals surface area contributed by atoms with Crippen LogP contribution in [-0.2, 0) is 13.8 Å². The Labute approximate surface area is 119 Å². The summed E-state index contributed by atoms with van der Waals surface area (Å²) < 4.78 is 22.0. The minimum atomic E-state index is -4.98. The minimum Gasteiger partial charge on any atom is -0.790 e. The zero-order valence-corrected chi connectivity index (χ0v) is 11.7. The number of hydrogen-bond acceptors (Lipinski definition) is 9. The maximum Gasteiger partial charge on any atom is 0.167 e. The van der Waals surface area contributed by atoms with Gasteiger partial charge in [-0.3, -0.25) is 4.57 Å². The van der Waals surface area contributed by atoms with E-state index in [0.717, 1.165) is 0 Å². The molecule has 11 heteroatoms. The molecule has 2 aromatic heterocycles. The number of phosphoric ester groups is 1. The van der Waals surface area contributed by atoms with Gasteiger partial charge in [0.05, 0.1) is 26.9 Å². The first-order valence-corrected chi connectivity index (χ1v) is 7.65. The summed E-state index contributed by atoms with van der Waals surface area (Å²) in [6.45, 7) is -0.287. The van der Waals surface area contributed by atoms with Gasteiger partial charge in [-0.15, -0.1) is 0 Å². The van der Waals surface area contributed by atoms with Crippen LogP contribution in [0.5, 0.6) is 0 Å². The van der Waals surface area contributed by atoms with E-state index in [1.54, 1.807) is 4.57 Å². The van der Waals surface area contributed by atoms with Crippen molar-refractivity contribution in [3.05, 3.63) is 12.7 Å². The molecule has 0 amide bonds. The summed E-state index contributed by atoms with van der Waals surface area (Å²) in [5, 5.41) is 0. The van der Waals surface area contributed by atoms with E-state index in [2.05, 4.69) is 19.5 Å². The number of nitrogens with two attached hydrogens (primary N) is 1. The van der Waals surface area contributed by atoms with Gasteiger partial charge >= 0.3 is 0 Å². The molecule has 0 unspecified atom stereocenters. The Morgan fingerprint density at radius 1 is 1.43 bits per heavy atom. The summed E-state index contributed by atoms with van der Waals surface area (Å²) in [5.41, 5.74) is 6.71. The molecule has 0 aliphatic carbocycles. The predicted molar refractivity (Wildman–Crippen MR) is 66.4 cm³/mol. The van der Waals surface area contributed by atoms with E-state index in [-0.39, 0.29) is 18.7 Å². The lowest BCUT2D eigenvalue weighted by atomic mass is 10.2. The number of imidazole rings is 1. The number of ether oxygens (including phenoxy) is 1. The Bertz CT molecular complexity index is 700. The SMILES string of the molecule is Nc1ncnc2c1ncn2[C@H]1CC[C@@H](COP(=O)([O-])[O-])O1. The Morgan fingerprint density at radius 3 is 3.00 bits per heavy atom. The fraction of sp³-hybridized carbons (Fsp3) is 0.500. The summed E-state index contributed by atoms with van der Waals surface area (Å²) in [7, 11) is -4.98. The highest BCUT2D eigenvalue weighted by molar-refractivity contribution is 7.43. The normalized spacial score (nSPS) is 23.0. The summed E-state index contributed by atoms with van der Waals surface area (Å²) in [6, 6.07) is 0. The third-order valence-corrected chi connectivity index (χ3v) is 3.67. The highest BCUT2D eigenvalue weighted by atomic mass is 31.2. The van der Waals surface area contributed by atoms with Crippen LogP contribution in [0.4, 0.5) is 5.82 Å². The van der Waals surface area contributed by atoms with Gasteiger partial charge in [-0.1, -0.05) is 0 Å². The maximum absolute atomic E-state index is 10.5. The van der Waals surface area contributed by atoms with Gasteiger partial charge in [0, 0.05) is 0 Å². The molecule has 3 rings (SSSR count). The second-order valence-corrected chi connectivity index (χ2v) is 5.77. The number of rotatable bonds is 4. The van der Waals surface area contributed by atoms with Crippen molar-refractivity contribution in [3.63, 3.8) is 0 Å². The lowest BCUT2D eigenvalue weighted by Crippen LogP contribution is -2.22. The molecule has 0 radical (unpaired) electrons. The van der Waals surface area contributed by atoms with Gasteiger partial charge in [-0.2, -0.15) is 0 Å². The molecule has 2 N–H and O–H groups in total. The van der Waals surface area contributed by atoms with Gasteiger partial charge in [-0.25, -0.2) is 15.0 Å². The quantitative estimate of drug-likeness (QED) is 0.695. The van der Waals surface area contributed by atoms with E-state index in [1.165, 1.54) is 12.7 Å². The second-order valence-electron chi connectivity index (χ2n) is 4.62.